The number of hydrogen-bond donors (Lipinski definition) is 1. The van der Waals surface area contributed by atoms with Crippen LogP contribution in [0.3, 0.4) is 0 Å². The molecule has 0 fully saturated rings. The van der Waals surface area contributed by atoms with Crippen molar-refractivity contribution in [2.75, 3.05) is 0 Å². The van der Waals surface area contributed by atoms with Crippen LogP contribution in [-0.2, 0) is 0 Å². The molecule has 0 spiro atoms. The van der Waals surface area contributed by atoms with E-state index in [1.54, 1.807) is 0 Å². The SMILES string of the molecule is C=C(CC)CC(N)CCCCCCC. The van der Waals surface area contributed by atoms with Crippen LogP contribution in [-0.4, -0.2) is 6.04 Å². The second-order valence-electron chi connectivity index (χ2n) is 4.27. The first-order valence-corrected chi connectivity index (χ1v) is 6.12. The monoisotopic (exact) mass is 197 g/mol. The molecule has 0 saturated carbocycles. The lowest BCUT2D eigenvalue weighted by molar-refractivity contribution is 0.534. The fraction of sp³-hybridized carbons (Fsp3) is 0.846. The maximum atomic E-state index is 6.00. The molecule has 0 saturated heterocycles. The van der Waals surface area contributed by atoms with E-state index in [-0.39, 0.29) is 0 Å². The van der Waals surface area contributed by atoms with Gasteiger partial charge in [0.15, 0.2) is 0 Å². The van der Waals surface area contributed by atoms with Crippen LogP contribution in [0, 0.1) is 0 Å². The van der Waals surface area contributed by atoms with Gasteiger partial charge in [-0.15, -0.1) is 0 Å². The zero-order valence-electron chi connectivity index (χ0n) is 10.0. The second-order valence-corrected chi connectivity index (χ2v) is 4.27. The Morgan fingerprint density at radius 1 is 1.14 bits per heavy atom. The Hall–Kier alpha value is -0.300. The van der Waals surface area contributed by atoms with Crippen molar-refractivity contribution in [3.63, 3.8) is 0 Å². The van der Waals surface area contributed by atoms with E-state index < -0.39 is 0 Å². The first-order valence-electron chi connectivity index (χ1n) is 6.12. The minimum absolute atomic E-state index is 0.351. The fourth-order valence-corrected chi connectivity index (χ4v) is 1.63. The molecule has 1 heteroatoms. The van der Waals surface area contributed by atoms with Crippen molar-refractivity contribution in [1.29, 1.82) is 0 Å². The Morgan fingerprint density at radius 3 is 2.36 bits per heavy atom. The summed E-state index contributed by atoms with van der Waals surface area (Å²) >= 11 is 0. The van der Waals surface area contributed by atoms with Gasteiger partial charge in [0.2, 0.25) is 0 Å². The van der Waals surface area contributed by atoms with Crippen molar-refractivity contribution in [3.05, 3.63) is 12.2 Å². The minimum atomic E-state index is 0.351. The smallest absolute Gasteiger partial charge is 0.00759 e. The molecule has 0 radical (unpaired) electrons. The predicted molar refractivity (Wildman–Crippen MR) is 65.4 cm³/mol. The molecule has 0 heterocycles. The topological polar surface area (TPSA) is 26.0 Å². The van der Waals surface area contributed by atoms with Crippen LogP contribution in [0.4, 0.5) is 0 Å². The predicted octanol–water partition coefficient (Wildman–Crippen LogP) is 4.03. The van der Waals surface area contributed by atoms with E-state index in [0.717, 1.165) is 12.8 Å². The Labute approximate surface area is 89.8 Å². The lowest BCUT2D eigenvalue weighted by Crippen LogP contribution is -2.20. The van der Waals surface area contributed by atoms with Gasteiger partial charge in [0.05, 0.1) is 0 Å². The Morgan fingerprint density at radius 2 is 1.79 bits per heavy atom. The fourth-order valence-electron chi connectivity index (χ4n) is 1.63. The van der Waals surface area contributed by atoms with Crippen molar-refractivity contribution in [1.82, 2.24) is 0 Å². The van der Waals surface area contributed by atoms with Crippen molar-refractivity contribution >= 4 is 0 Å². The largest absolute Gasteiger partial charge is 0.327 e. The highest BCUT2D eigenvalue weighted by atomic mass is 14.6. The normalized spacial score (nSPS) is 12.8. The zero-order chi connectivity index (χ0) is 10.8. The third kappa shape index (κ3) is 8.31. The van der Waals surface area contributed by atoms with E-state index in [1.807, 2.05) is 0 Å². The average molecular weight is 197 g/mol. The van der Waals surface area contributed by atoms with Crippen LogP contribution in [0.5, 0.6) is 0 Å². The van der Waals surface area contributed by atoms with E-state index in [1.165, 1.54) is 44.1 Å². The van der Waals surface area contributed by atoms with Crippen molar-refractivity contribution in [2.24, 2.45) is 5.73 Å². The van der Waals surface area contributed by atoms with E-state index in [9.17, 15) is 0 Å². The summed E-state index contributed by atoms with van der Waals surface area (Å²) in [6.07, 6.45) is 9.96. The van der Waals surface area contributed by atoms with Gasteiger partial charge in [0.25, 0.3) is 0 Å². The molecular formula is C13H27N. The van der Waals surface area contributed by atoms with Crippen molar-refractivity contribution in [3.8, 4) is 0 Å². The maximum absolute atomic E-state index is 6.00. The first kappa shape index (κ1) is 13.7. The van der Waals surface area contributed by atoms with Gasteiger partial charge < -0.3 is 5.73 Å². The quantitative estimate of drug-likeness (QED) is 0.438. The number of unbranched alkanes of at least 4 members (excludes halogenated alkanes) is 4. The summed E-state index contributed by atoms with van der Waals surface area (Å²) in [7, 11) is 0. The highest BCUT2D eigenvalue weighted by Gasteiger charge is 2.03. The minimum Gasteiger partial charge on any atom is -0.327 e. The van der Waals surface area contributed by atoms with Crippen LogP contribution < -0.4 is 5.73 Å². The molecule has 0 amide bonds. The highest BCUT2D eigenvalue weighted by molar-refractivity contribution is 4.95. The van der Waals surface area contributed by atoms with E-state index >= 15 is 0 Å². The number of nitrogens with two attached hydrogens (primary N) is 1. The summed E-state index contributed by atoms with van der Waals surface area (Å²) in [5.74, 6) is 0. The Bertz CT molecular complexity index is 140. The molecule has 0 aliphatic rings. The van der Waals surface area contributed by atoms with Gasteiger partial charge in [0, 0.05) is 6.04 Å². The van der Waals surface area contributed by atoms with Crippen LogP contribution >= 0.6 is 0 Å². The van der Waals surface area contributed by atoms with E-state index in [2.05, 4.69) is 20.4 Å². The summed E-state index contributed by atoms with van der Waals surface area (Å²) in [4.78, 5) is 0. The Balaban J connectivity index is 3.26. The van der Waals surface area contributed by atoms with E-state index in [0.29, 0.717) is 6.04 Å². The van der Waals surface area contributed by atoms with Gasteiger partial charge in [-0.3, -0.25) is 0 Å². The maximum Gasteiger partial charge on any atom is 0.00759 e. The molecule has 0 bridgehead atoms. The molecule has 0 rings (SSSR count). The third-order valence-corrected chi connectivity index (χ3v) is 2.73. The second kappa shape index (κ2) is 9.26. The van der Waals surface area contributed by atoms with Crippen molar-refractivity contribution in [2.45, 2.75) is 71.3 Å². The van der Waals surface area contributed by atoms with Gasteiger partial charge in [0.1, 0.15) is 0 Å². The molecule has 2 N–H and O–H groups in total. The molecule has 0 aromatic carbocycles. The molecule has 0 aliphatic carbocycles. The first-order chi connectivity index (χ1) is 6.70. The van der Waals surface area contributed by atoms with Gasteiger partial charge in [-0.25, -0.2) is 0 Å². The number of hydrogen-bond acceptors (Lipinski definition) is 1. The highest BCUT2D eigenvalue weighted by Crippen LogP contribution is 2.12. The Kier molecular flexibility index (Phi) is 9.06. The van der Waals surface area contributed by atoms with Gasteiger partial charge >= 0.3 is 0 Å². The molecule has 1 atom stereocenters. The lowest BCUT2D eigenvalue weighted by Gasteiger charge is -2.12. The van der Waals surface area contributed by atoms with Gasteiger partial charge in [-0.1, -0.05) is 58.1 Å². The molecule has 84 valence electrons. The zero-order valence-corrected chi connectivity index (χ0v) is 10.0. The third-order valence-electron chi connectivity index (χ3n) is 2.73. The average Bonchev–Trinajstić information content (AvgIpc) is 2.17. The summed E-state index contributed by atoms with van der Waals surface area (Å²) in [5, 5.41) is 0. The van der Waals surface area contributed by atoms with Crippen LogP contribution in [0.25, 0.3) is 0 Å². The standard InChI is InChI=1S/C13H27N/c1-4-6-7-8-9-10-13(14)11-12(3)5-2/h13H,3-11,14H2,1-2H3. The van der Waals surface area contributed by atoms with Gasteiger partial charge in [-0.2, -0.15) is 0 Å². The molecule has 1 nitrogen and oxygen atoms in total. The number of rotatable bonds is 9. The summed E-state index contributed by atoms with van der Waals surface area (Å²) in [6, 6.07) is 0.351. The van der Waals surface area contributed by atoms with Crippen molar-refractivity contribution < 1.29 is 0 Å². The molecule has 1 unspecified atom stereocenters. The van der Waals surface area contributed by atoms with Crippen LogP contribution in [0.2, 0.25) is 0 Å². The molecule has 0 aliphatic heterocycles. The summed E-state index contributed by atoms with van der Waals surface area (Å²) < 4.78 is 0. The van der Waals surface area contributed by atoms with Crippen LogP contribution in [0.15, 0.2) is 12.2 Å². The van der Waals surface area contributed by atoms with E-state index in [4.69, 9.17) is 5.73 Å². The molecular weight excluding hydrogens is 170 g/mol. The summed E-state index contributed by atoms with van der Waals surface area (Å²) in [6.45, 7) is 8.39. The summed E-state index contributed by atoms with van der Waals surface area (Å²) in [5.41, 5.74) is 7.30. The lowest BCUT2D eigenvalue weighted by atomic mass is 10.0. The van der Waals surface area contributed by atoms with Crippen LogP contribution in [0.1, 0.15) is 65.2 Å². The van der Waals surface area contributed by atoms with Gasteiger partial charge in [-0.05, 0) is 19.3 Å². The molecule has 14 heavy (non-hydrogen) atoms. The molecule has 0 aromatic rings. The molecule has 0 aromatic heterocycles.